The Hall–Kier alpha value is -1.22. The van der Waals surface area contributed by atoms with E-state index in [1.807, 2.05) is 0 Å². The minimum atomic E-state index is 0.279. The number of methoxy groups -OCH3 is 1. The van der Waals surface area contributed by atoms with Gasteiger partial charge in [0.2, 0.25) is 0 Å². The van der Waals surface area contributed by atoms with Crippen molar-refractivity contribution in [1.29, 1.82) is 0 Å². The predicted octanol–water partition coefficient (Wildman–Crippen LogP) is 3.69. The van der Waals surface area contributed by atoms with Crippen LogP contribution in [0.3, 0.4) is 0 Å². The Balaban J connectivity index is 1.75. The van der Waals surface area contributed by atoms with E-state index in [0.29, 0.717) is 11.5 Å². The Morgan fingerprint density at radius 3 is 2.86 bits per heavy atom. The van der Waals surface area contributed by atoms with Crippen LogP contribution in [0.15, 0.2) is 12.1 Å². The van der Waals surface area contributed by atoms with Crippen LogP contribution in [-0.2, 0) is 13.0 Å². The van der Waals surface area contributed by atoms with Crippen molar-refractivity contribution in [2.24, 2.45) is 5.41 Å². The number of ether oxygens (including phenoxy) is 2. The summed E-state index contributed by atoms with van der Waals surface area (Å²) in [5, 5.41) is 3.73. The first-order valence-electron chi connectivity index (χ1n) is 8.09. The molecule has 1 aromatic carbocycles. The molecule has 1 aliphatic heterocycles. The molecule has 1 aliphatic carbocycles. The number of hydrogen-bond acceptors (Lipinski definition) is 3. The van der Waals surface area contributed by atoms with E-state index in [2.05, 4.69) is 38.2 Å². The highest BCUT2D eigenvalue weighted by Crippen LogP contribution is 2.38. The lowest BCUT2D eigenvalue weighted by Gasteiger charge is -2.28. The third kappa shape index (κ3) is 2.89. The zero-order valence-electron chi connectivity index (χ0n) is 13.7. The van der Waals surface area contributed by atoms with Crippen molar-refractivity contribution in [3.8, 4) is 11.5 Å². The van der Waals surface area contributed by atoms with E-state index in [9.17, 15) is 0 Å². The lowest BCUT2D eigenvalue weighted by Crippen LogP contribution is -2.37. The minimum Gasteiger partial charge on any atom is -0.496 e. The number of nitrogens with one attached hydrogen (secondary N) is 1. The molecule has 1 aromatic rings. The molecule has 3 rings (SSSR count). The van der Waals surface area contributed by atoms with Gasteiger partial charge in [0.15, 0.2) is 0 Å². The van der Waals surface area contributed by atoms with Crippen LogP contribution >= 0.6 is 0 Å². The van der Waals surface area contributed by atoms with Gasteiger partial charge in [-0.25, -0.2) is 0 Å². The monoisotopic (exact) mass is 289 g/mol. The quantitative estimate of drug-likeness (QED) is 0.917. The Bertz CT molecular complexity index is 524. The highest BCUT2D eigenvalue weighted by atomic mass is 16.5. The molecule has 2 aliphatic rings. The predicted molar refractivity (Wildman–Crippen MR) is 85.0 cm³/mol. The standard InChI is InChI=1S/C18H27NO2/c1-12-8-13-9-15(20-4)14(10-16(13)21-12)11-19-17-6-5-7-18(17,2)3/h9-10,12,17,19H,5-8,11H2,1-4H3. The van der Waals surface area contributed by atoms with Gasteiger partial charge >= 0.3 is 0 Å². The van der Waals surface area contributed by atoms with Gasteiger partial charge in [0.25, 0.3) is 0 Å². The second-order valence-electron chi connectivity index (χ2n) is 7.22. The van der Waals surface area contributed by atoms with Crippen molar-refractivity contribution < 1.29 is 9.47 Å². The van der Waals surface area contributed by atoms with Gasteiger partial charge in [-0.05, 0) is 37.3 Å². The molecule has 1 saturated carbocycles. The number of hydrogen-bond donors (Lipinski definition) is 1. The molecular weight excluding hydrogens is 262 g/mol. The summed E-state index contributed by atoms with van der Waals surface area (Å²) in [6.45, 7) is 7.69. The maximum atomic E-state index is 5.88. The van der Waals surface area contributed by atoms with Gasteiger partial charge in [0, 0.05) is 30.1 Å². The van der Waals surface area contributed by atoms with E-state index in [4.69, 9.17) is 9.47 Å². The molecular formula is C18H27NO2. The molecule has 3 heteroatoms. The third-order valence-electron chi connectivity index (χ3n) is 5.10. The van der Waals surface area contributed by atoms with Crippen LogP contribution in [-0.4, -0.2) is 19.3 Å². The van der Waals surface area contributed by atoms with Crippen LogP contribution in [0, 0.1) is 5.41 Å². The summed E-state index contributed by atoms with van der Waals surface area (Å²) in [7, 11) is 1.75. The molecule has 1 heterocycles. The first-order chi connectivity index (χ1) is 9.99. The van der Waals surface area contributed by atoms with E-state index in [1.165, 1.54) is 30.4 Å². The molecule has 2 atom stereocenters. The highest BCUT2D eigenvalue weighted by Gasteiger charge is 2.34. The van der Waals surface area contributed by atoms with Gasteiger partial charge in [0.1, 0.15) is 17.6 Å². The van der Waals surface area contributed by atoms with Crippen molar-refractivity contribution in [3.63, 3.8) is 0 Å². The van der Waals surface area contributed by atoms with Crippen molar-refractivity contribution in [2.45, 2.75) is 65.1 Å². The molecule has 0 radical (unpaired) electrons. The van der Waals surface area contributed by atoms with Crippen LogP contribution < -0.4 is 14.8 Å². The number of fused-ring (bicyclic) bond motifs is 1. The summed E-state index contributed by atoms with van der Waals surface area (Å²) in [5.41, 5.74) is 2.87. The van der Waals surface area contributed by atoms with Gasteiger partial charge in [-0.1, -0.05) is 20.3 Å². The second kappa shape index (κ2) is 5.53. The first kappa shape index (κ1) is 14.7. The average molecular weight is 289 g/mol. The Morgan fingerprint density at radius 2 is 2.19 bits per heavy atom. The lowest BCUT2D eigenvalue weighted by molar-refractivity contribution is 0.254. The Morgan fingerprint density at radius 1 is 1.38 bits per heavy atom. The van der Waals surface area contributed by atoms with E-state index in [1.54, 1.807) is 7.11 Å². The number of benzene rings is 1. The van der Waals surface area contributed by atoms with Crippen LogP contribution in [0.25, 0.3) is 0 Å². The SMILES string of the molecule is COc1cc2c(cc1CNC1CCCC1(C)C)OC(C)C2. The van der Waals surface area contributed by atoms with Gasteiger partial charge in [-0.3, -0.25) is 0 Å². The maximum absolute atomic E-state index is 5.88. The van der Waals surface area contributed by atoms with Gasteiger partial charge in [-0.2, -0.15) is 0 Å². The second-order valence-corrected chi connectivity index (χ2v) is 7.22. The summed E-state index contributed by atoms with van der Waals surface area (Å²) in [4.78, 5) is 0. The summed E-state index contributed by atoms with van der Waals surface area (Å²) in [6, 6.07) is 4.90. The molecule has 116 valence electrons. The topological polar surface area (TPSA) is 30.5 Å². The molecule has 21 heavy (non-hydrogen) atoms. The summed E-state index contributed by atoms with van der Waals surface area (Å²) < 4.78 is 11.5. The molecule has 2 unspecified atom stereocenters. The highest BCUT2D eigenvalue weighted by molar-refractivity contribution is 5.48. The summed E-state index contributed by atoms with van der Waals surface area (Å²) in [5.74, 6) is 2.01. The van der Waals surface area contributed by atoms with Crippen molar-refractivity contribution in [1.82, 2.24) is 5.32 Å². The fraction of sp³-hybridized carbons (Fsp3) is 0.667. The zero-order valence-corrected chi connectivity index (χ0v) is 13.7. The molecule has 0 aromatic heterocycles. The van der Waals surface area contributed by atoms with Crippen molar-refractivity contribution >= 4 is 0 Å². The summed E-state index contributed by atoms with van der Waals surface area (Å²) >= 11 is 0. The van der Waals surface area contributed by atoms with Crippen molar-refractivity contribution in [2.75, 3.05) is 7.11 Å². The smallest absolute Gasteiger partial charge is 0.123 e. The van der Waals surface area contributed by atoms with E-state index < -0.39 is 0 Å². The van der Waals surface area contributed by atoms with E-state index in [-0.39, 0.29) is 6.10 Å². The van der Waals surface area contributed by atoms with Crippen molar-refractivity contribution in [3.05, 3.63) is 23.3 Å². The molecule has 0 spiro atoms. The fourth-order valence-corrected chi connectivity index (χ4v) is 3.75. The van der Waals surface area contributed by atoms with E-state index >= 15 is 0 Å². The third-order valence-corrected chi connectivity index (χ3v) is 5.10. The Labute approximate surface area is 128 Å². The molecule has 0 amide bonds. The minimum absolute atomic E-state index is 0.279. The van der Waals surface area contributed by atoms with Gasteiger partial charge in [0.05, 0.1) is 7.11 Å². The molecule has 1 fully saturated rings. The number of rotatable bonds is 4. The van der Waals surface area contributed by atoms with Gasteiger partial charge in [-0.15, -0.1) is 0 Å². The first-order valence-corrected chi connectivity index (χ1v) is 8.09. The fourth-order valence-electron chi connectivity index (χ4n) is 3.75. The molecule has 3 nitrogen and oxygen atoms in total. The molecule has 1 N–H and O–H groups in total. The van der Waals surface area contributed by atoms with E-state index in [0.717, 1.165) is 24.5 Å². The molecule has 0 bridgehead atoms. The maximum Gasteiger partial charge on any atom is 0.123 e. The van der Waals surface area contributed by atoms with Crippen LogP contribution in [0.4, 0.5) is 0 Å². The normalized spacial score (nSPS) is 26.5. The summed E-state index contributed by atoms with van der Waals surface area (Å²) in [6.07, 6.45) is 5.17. The van der Waals surface area contributed by atoms with Gasteiger partial charge < -0.3 is 14.8 Å². The van der Waals surface area contributed by atoms with Crippen LogP contribution in [0.1, 0.15) is 51.2 Å². The van der Waals surface area contributed by atoms with Crippen LogP contribution in [0.5, 0.6) is 11.5 Å². The zero-order chi connectivity index (χ0) is 15.0. The average Bonchev–Trinajstić information content (AvgIpc) is 2.95. The lowest BCUT2D eigenvalue weighted by atomic mass is 9.87. The molecule has 0 saturated heterocycles. The van der Waals surface area contributed by atoms with Crippen LogP contribution in [0.2, 0.25) is 0 Å². The largest absolute Gasteiger partial charge is 0.496 e. The Kier molecular flexibility index (Phi) is 3.87.